The van der Waals surface area contributed by atoms with Crippen molar-refractivity contribution in [3.8, 4) is 0 Å². The number of aromatic nitrogens is 2. The average molecular weight is 340 g/mol. The van der Waals surface area contributed by atoms with Crippen molar-refractivity contribution in [3.63, 3.8) is 0 Å². The van der Waals surface area contributed by atoms with Crippen LogP contribution in [0.4, 0.5) is 4.39 Å². The van der Waals surface area contributed by atoms with Crippen LogP contribution in [-0.2, 0) is 11.3 Å². The number of hydrogen-bond donors (Lipinski definition) is 1. The number of hydrogen-bond acceptors (Lipinski definition) is 2. The quantitative estimate of drug-likeness (QED) is 0.930. The lowest BCUT2D eigenvalue weighted by atomic mass is 10.2. The van der Waals surface area contributed by atoms with Crippen LogP contribution < -0.4 is 5.32 Å². The maximum atomic E-state index is 12.8. The van der Waals surface area contributed by atoms with Crippen molar-refractivity contribution in [2.24, 2.45) is 0 Å². The number of halogens is 2. The van der Waals surface area contributed by atoms with Crippen molar-refractivity contribution >= 4 is 21.8 Å². The van der Waals surface area contributed by atoms with E-state index in [1.165, 1.54) is 12.1 Å². The van der Waals surface area contributed by atoms with Crippen LogP contribution in [0.1, 0.15) is 24.2 Å². The van der Waals surface area contributed by atoms with Gasteiger partial charge in [0.25, 0.3) is 0 Å². The molecule has 0 spiro atoms. The minimum absolute atomic E-state index is 0.131. The van der Waals surface area contributed by atoms with Crippen molar-refractivity contribution in [1.82, 2.24) is 15.1 Å². The molecule has 1 N–H and O–H groups in total. The van der Waals surface area contributed by atoms with E-state index >= 15 is 0 Å². The lowest BCUT2D eigenvalue weighted by Crippen LogP contribution is -2.31. The van der Waals surface area contributed by atoms with E-state index in [-0.39, 0.29) is 11.7 Å². The molecule has 1 aromatic heterocycles. The van der Waals surface area contributed by atoms with E-state index in [0.29, 0.717) is 6.54 Å². The fraction of sp³-hybridized carbons (Fsp3) is 0.286. The first-order valence-corrected chi connectivity index (χ1v) is 7.00. The number of amides is 1. The molecular formula is C14H15BrFN3O. The number of rotatable bonds is 4. The van der Waals surface area contributed by atoms with Crippen LogP contribution >= 0.6 is 15.9 Å². The summed E-state index contributed by atoms with van der Waals surface area (Å²) >= 11 is 3.37. The van der Waals surface area contributed by atoms with Crippen molar-refractivity contribution < 1.29 is 9.18 Å². The van der Waals surface area contributed by atoms with Crippen molar-refractivity contribution in [1.29, 1.82) is 0 Å². The zero-order chi connectivity index (χ0) is 14.7. The Hall–Kier alpha value is -1.69. The van der Waals surface area contributed by atoms with Crippen LogP contribution in [0.5, 0.6) is 0 Å². The second-order valence-corrected chi connectivity index (χ2v) is 5.40. The Kier molecular flexibility index (Phi) is 4.54. The minimum Gasteiger partial charge on any atom is -0.350 e. The van der Waals surface area contributed by atoms with Gasteiger partial charge in [-0.2, -0.15) is 5.10 Å². The number of nitrogens with one attached hydrogen (secondary N) is 1. The maximum absolute atomic E-state index is 12.8. The van der Waals surface area contributed by atoms with Crippen LogP contribution in [0, 0.1) is 12.7 Å². The molecule has 0 bridgehead atoms. The molecule has 1 unspecified atom stereocenters. The van der Waals surface area contributed by atoms with Crippen molar-refractivity contribution in [2.45, 2.75) is 26.4 Å². The van der Waals surface area contributed by atoms with Crippen LogP contribution in [0.25, 0.3) is 0 Å². The molecule has 0 radical (unpaired) electrons. The smallest absolute Gasteiger partial charge is 0.244 e. The van der Waals surface area contributed by atoms with E-state index in [1.54, 1.807) is 29.9 Å². The van der Waals surface area contributed by atoms with Gasteiger partial charge in [0.05, 0.1) is 16.4 Å². The minimum atomic E-state index is -0.401. The largest absolute Gasteiger partial charge is 0.350 e. The maximum Gasteiger partial charge on any atom is 0.244 e. The summed E-state index contributed by atoms with van der Waals surface area (Å²) in [5.74, 6) is -0.418. The molecule has 0 saturated carbocycles. The standard InChI is InChI=1S/C14H15BrFN3O/c1-9-13(15)8-18-19(9)10(2)14(20)17-7-11-3-5-12(16)6-4-11/h3-6,8,10H,7H2,1-2H3,(H,17,20). The summed E-state index contributed by atoms with van der Waals surface area (Å²) in [6, 6.07) is 5.65. The second-order valence-electron chi connectivity index (χ2n) is 4.54. The summed E-state index contributed by atoms with van der Waals surface area (Å²) in [5, 5.41) is 6.98. The Morgan fingerprint density at radius 3 is 2.65 bits per heavy atom. The van der Waals surface area contributed by atoms with Crippen molar-refractivity contribution in [3.05, 3.63) is 52.0 Å². The van der Waals surface area contributed by atoms with Gasteiger partial charge in [0.1, 0.15) is 11.9 Å². The fourth-order valence-corrected chi connectivity index (χ4v) is 2.12. The molecule has 106 valence electrons. The normalized spacial score (nSPS) is 12.2. The molecule has 2 rings (SSSR count). The highest BCUT2D eigenvalue weighted by Crippen LogP contribution is 2.18. The molecule has 0 aliphatic carbocycles. The Bertz CT molecular complexity index is 609. The van der Waals surface area contributed by atoms with Crippen LogP contribution in [0.3, 0.4) is 0 Å². The highest BCUT2D eigenvalue weighted by Gasteiger charge is 2.18. The lowest BCUT2D eigenvalue weighted by molar-refractivity contribution is -0.124. The fourth-order valence-electron chi connectivity index (χ4n) is 1.84. The van der Waals surface area contributed by atoms with Crippen LogP contribution in [-0.4, -0.2) is 15.7 Å². The third-order valence-corrected chi connectivity index (χ3v) is 3.89. The van der Waals surface area contributed by atoms with Gasteiger partial charge in [-0.05, 0) is 47.5 Å². The molecule has 0 aliphatic rings. The van der Waals surface area contributed by atoms with E-state index in [2.05, 4.69) is 26.3 Å². The molecule has 1 heterocycles. The zero-order valence-electron chi connectivity index (χ0n) is 11.2. The lowest BCUT2D eigenvalue weighted by Gasteiger charge is -2.14. The third kappa shape index (κ3) is 3.25. The van der Waals surface area contributed by atoms with Gasteiger partial charge in [-0.25, -0.2) is 4.39 Å². The molecule has 1 amide bonds. The average Bonchev–Trinajstić information content (AvgIpc) is 2.77. The molecule has 2 aromatic rings. The summed E-state index contributed by atoms with van der Waals surface area (Å²) in [5.41, 5.74) is 1.75. The highest BCUT2D eigenvalue weighted by molar-refractivity contribution is 9.10. The molecule has 20 heavy (non-hydrogen) atoms. The predicted octanol–water partition coefficient (Wildman–Crippen LogP) is 2.97. The monoisotopic (exact) mass is 339 g/mol. The Morgan fingerprint density at radius 2 is 2.10 bits per heavy atom. The van der Waals surface area contributed by atoms with E-state index in [4.69, 9.17) is 0 Å². The first kappa shape index (κ1) is 14.7. The second kappa shape index (κ2) is 6.17. The summed E-state index contributed by atoms with van der Waals surface area (Å²) in [4.78, 5) is 12.1. The van der Waals surface area contributed by atoms with Gasteiger partial charge >= 0.3 is 0 Å². The summed E-state index contributed by atoms with van der Waals surface area (Å²) in [6.45, 7) is 4.04. The molecule has 0 saturated heterocycles. The molecule has 0 aliphatic heterocycles. The summed E-state index contributed by atoms with van der Waals surface area (Å²) in [6.07, 6.45) is 1.67. The van der Waals surface area contributed by atoms with E-state index in [0.717, 1.165) is 15.7 Å². The number of carbonyl (C=O) groups is 1. The Balaban J connectivity index is 1.98. The summed E-state index contributed by atoms with van der Waals surface area (Å²) < 4.78 is 15.3. The predicted molar refractivity (Wildman–Crippen MR) is 77.6 cm³/mol. The Morgan fingerprint density at radius 1 is 1.45 bits per heavy atom. The number of benzene rings is 1. The first-order chi connectivity index (χ1) is 9.49. The highest BCUT2D eigenvalue weighted by atomic mass is 79.9. The molecule has 6 heteroatoms. The van der Waals surface area contributed by atoms with E-state index in [1.807, 2.05) is 6.92 Å². The van der Waals surface area contributed by atoms with Gasteiger partial charge in [-0.3, -0.25) is 9.48 Å². The molecular weight excluding hydrogens is 325 g/mol. The van der Waals surface area contributed by atoms with Crippen molar-refractivity contribution in [2.75, 3.05) is 0 Å². The Labute approximate surface area is 125 Å². The molecule has 1 atom stereocenters. The topological polar surface area (TPSA) is 46.9 Å². The SMILES string of the molecule is Cc1c(Br)cnn1C(C)C(=O)NCc1ccc(F)cc1. The van der Waals surface area contributed by atoms with Gasteiger partial charge in [0.15, 0.2) is 0 Å². The summed E-state index contributed by atoms with van der Waals surface area (Å²) in [7, 11) is 0. The van der Waals surface area contributed by atoms with Crippen LogP contribution in [0.15, 0.2) is 34.9 Å². The number of nitrogens with zero attached hydrogens (tertiary/aromatic N) is 2. The van der Waals surface area contributed by atoms with E-state index < -0.39 is 6.04 Å². The van der Waals surface area contributed by atoms with Gasteiger partial charge in [-0.15, -0.1) is 0 Å². The first-order valence-electron chi connectivity index (χ1n) is 6.21. The van der Waals surface area contributed by atoms with Gasteiger partial charge in [0.2, 0.25) is 5.91 Å². The molecule has 0 fully saturated rings. The van der Waals surface area contributed by atoms with Gasteiger partial charge < -0.3 is 5.32 Å². The van der Waals surface area contributed by atoms with Crippen LogP contribution in [0.2, 0.25) is 0 Å². The molecule has 1 aromatic carbocycles. The van der Waals surface area contributed by atoms with Gasteiger partial charge in [-0.1, -0.05) is 12.1 Å². The third-order valence-electron chi connectivity index (χ3n) is 3.11. The number of carbonyl (C=O) groups excluding carboxylic acids is 1. The zero-order valence-corrected chi connectivity index (χ0v) is 12.8. The van der Waals surface area contributed by atoms with Gasteiger partial charge in [0, 0.05) is 6.54 Å². The molecule has 4 nitrogen and oxygen atoms in total. The van der Waals surface area contributed by atoms with E-state index in [9.17, 15) is 9.18 Å².